The molecule has 0 radical (unpaired) electrons. The van der Waals surface area contributed by atoms with Crippen LogP contribution in [0.25, 0.3) is 0 Å². The maximum absolute atomic E-state index is 12.9. The minimum absolute atomic E-state index is 0.143. The Morgan fingerprint density at radius 3 is 2.61 bits per heavy atom. The van der Waals surface area contributed by atoms with Gasteiger partial charge >= 0.3 is 5.63 Å². The van der Waals surface area contributed by atoms with E-state index in [1.54, 1.807) is 4.90 Å². The molecular formula is C18H23NO4. The Hall–Kier alpha value is -1.62. The fraction of sp³-hybridized carbons (Fsp3) is 0.667. The van der Waals surface area contributed by atoms with Crippen molar-refractivity contribution in [3.05, 3.63) is 33.4 Å². The minimum Gasteiger partial charge on any atom is -0.427 e. The van der Waals surface area contributed by atoms with E-state index >= 15 is 0 Å². The number of aryl methyl sites for hydroxylation is 1. The molecule has 0 spiro atoms. The Balaban J connectivity index is 1.64. The Morgan fingerprint density at radius 2 is 2.04 bits per heavy atom. The maximum Gasteiger partial charge on any atom is 0.349 e. The summed E-state index contributed by atoms with van der Waals surface area (Å²) >= 11 is 0. The zero-order valence-electron chi connectivity index (χ0n) is 13.5. The van der Waals surface area contributed by atoms with Crippen molar-refractivity contribution in [2.75, 3.05) is 6.54 Å². The van der Waals surface area contributed by atoms with E-state index in [1.165, 1.54) is 6.42 Å². The molecule has 124 valence electrons. The van der Waals surface area contributed by atoms with Crippen molar-refractivity contribution in [3.63, 3.8) is 0 Å². The summed E-state index contributed by atoms with van der Waals surface area (Å²) in [5.74, 6) is 0.769. The van der Waals surface area contributed by atoms with Crippen LogP contribution in [0.5, 0.6) is 0 Å². The van der Waals surface area contributed by atoms with Gasteiger partial charge in [-0.1, -0.05) is 6.42 Å². The van der Waals surface area contributed by atoms with E-state index in [9.17, 15) is 14.7 Å². The molecule has 3 fully saturated rings. The molecule has 4 rings (SSSR count). The number of nitrogens with zero attached hydrogens (tertiary/aromatic N) is 1. The third kappa shape index (κ3) is 2.42. The van der Waals surface area contributed by atoms with Gasteiger partial charge < -0.3 is 14.4 Å². The second-order valence-electron chi connectivity index (χ2n) is 7.38. The molecule has 23 heavy (non-hydrogen) atoms. The number of carbonyl (C=O) groups excluding carboxylic acids is 1. The third-order valence-electron chi connectivity index (χ3n) is 5.79. The SMILES string of the molecule is Cc1cc(C2CCC2)oc(=O)c1C(=O)N1CCCC1C1(O)CC1. The van der Waals surface area contributed by atoms with Crippen LogP contribution in [0.2, 0.25) is 0 Å². The molecular weight excluding hydrogens is 294 g/mol. The number of hydrogen-bond donors (Lipinski definition) is 1. The van der Waals surface area contributed by atoms with E-state index < -0.39 is 11.2 Å². The molecule has 1 aliphatic heterocycles. The molecule has 2 heterocycles. The van der Waals surface area contributed by atoms with Gasteiger partial charge in [-0.2, -0.15) is 0 Å². The molecule has 1 saturated heterocycles. The van der Waals surface area contributed by atoms with Gasteiger partial charge in [-0.25, -0.2) is 4.79 Å². The molecule has 2 aliphatic carbocycles. The van der Waals surface area contributed by atoms with Gasteiger partial charge in [-0.15, -0.1) is 0 Å². The van der Waals surface area contributed by atoms with Crippen LogP contribution < -0.4 is 5.63 Å². The lowest BCUT2D eigenvalue weighted by Crippen LogP contribution is -2.45. The van der Waals surface area contributed by atoms with Gasteiger partial charge in [-0.3, -0.25) is 4.79 Å². The highest BCUT2D eigenvalue weighted by Crippen LogP contribution is 2.45. The molecule has 1 atom stereocenters. The Morgan fingerprint density at radius 1 is 1.30 bits per heavy atom. The number of carbonyl (C=O) groups is 1. The van der Waals surface area contributed by atoms with Gasteiger partial charge in [-0.05, 0) is 57.1 Å². The maximum atomic E-state index is 12.9. The van der Waals surface area contributed by atoms with E-state index in [0.717, 1.165) is 38.5 Å². The monoisotopic (exact) mass is 317 g/mol. The highest BCUT2D eigenvalue weighted by molar-refractivity contribution is 5.95. The van der Waals surface area contributed by atoms with E-state index in [4.69, 9.17) is 4.42 Å². The normalized spacial score (nSPS) is 26.2. The predicted molar refractivity (Wildman–Crippen MR) is 84.5 cm³/mol. The minimum atomic E-state index is -0.730. The lowest BCUT2D eigenvalue weighted by atomic mass is 9.83. The number of aliphatic hydroxyl groups is 1. The summed E-state index contributed by atoms with van der Waals surface area (Å²) in [5.41, 5.74) is -0.414. The predicted octanol–water partition coefficient (Wildman–Crippen LogP) is 2.35. The smallest absolute Gasteiger partial charge is 0.349 e. The number of rotatable bonds is 3. The average molecular weight is 317 g/mol. The molecule has 5 nitrogen and oxygen atoms in total. The van der Waals surface area contributed by atoms with Gasteiger partial charge in [0.05, 0.1) is 11.6 Å². The van der Waals surface area contributed by atoms with Gasteiger partial charge in [0.1, 0.15) is 11.3 Å². The van der Waals surface area contributed by atoms with Crippen molar-refractivity contribution >= 4 is 5.91 Å². The van der Waals surface area contributed by atoms with Crippen molar-refractivity contribution in [1.82, 2.24) is 4.90 Å². The van der Waals surface area contributed by atoms with Crippen molar-refractivity contribution in [2.45, 2.75) is 69.4 Å². The van der Waals surface area contributed by atoms with Crippen LogP contribution >= 0.6 is 0 Å². The van der Waals surface area contributed by atoms with Crippen molar-refractivity contribution in [3.8, 4) is 0 Å². The molecule has 1 amide bonds. The second-order valence-corrected chi connectivity index (χ2v) is 7.38. The fourth-order valence-electron chi connectivity index (χ4n) is 3.96. The molecule has 0 bridgehead atoms. The summed E-state index contributed by atoms with van der Waals surface area (Å²) in [6.45, 7) is 2.41. The number of amides is 1. The second kappa shape index (κ2) is 5.20. The third-order valence-corrected chi connectivity index (χ3v) is 5.79. The van der Waals surface area contributed by atoms with Crippen LogP contribution in [0.1, 0.15) is 72.5 Å². The first-order valence-corrected chi connectivity index (χ1v) is 8.67. The summed E-state index contributed by atoms with van der Waals surface area (Å²) in [6.07, 6.45) is 6.46. The molecule has 5 heteroatoms. The van der Waals surface area contributed by atoms with E-state index in [2.05, 4.69) is 0 Å². The lowest BCUT2D eigenvalue weighted by molar-refractivity contribution is 0.0382. The molecule has 1 N–H and O–H groups in total. The first-order valence-electron chi connectivity index (χ1n) is 8.67. The standard InChI is InChI=1S/C18H23NO4/c1-11-10-13(12-4-2-5-12)23-17(21)15(11)16(20)19-9-3-6-14(19)18(22)7-8-18/h10,12,14,22H,2-9H2,1H3. The summed E-state index contributed by atoms with van der Waals surface area (Å²) in [5, 5.41) is 10.4. The largest absolute Gasteiger partial charge is 0.427 e. The summed E-state index contributed by atoms with van der Waals surface area (Å²) in [6, 6.07) is 1.70. The van der Waals surface area contributed by atoms with Crippen LogP contribution in [0.4, 0.5) is 0 Å². The van der Waals surface area contributed by atoms with Gasteiger partial charge in [0.15, 0.2) is 0 Å². The van der Waals surface area contributed by atoms with Crippen LogP contribution in [0.15, 0.2) is 15.3 Å². The van der Waals surface area contributed by atoms with Crippen LogP contribution in [-0.2, 0) is 0 Å². The van der Waals surface area contributed by atoms with Crippen LogP contribution in [-0.4, -0.2) is 34.1 Å². The molecule has 1 aromatic rings. The molecule has 1 aromatic heterocycles. The topological polar surface area (TPSA) is 70.8 Å². The average Bonchev–Trinajstić information content (AvgIpc) is 2.99. The first-order chi connectivity index (χ1) is 11.0. The van der Waals surface area contributed by atoms with Crippen LogP contribution in [0, 0.1) is 6.92 Å². The van der Waals surface area contributed by atoms with E-state index in [-0.39, 0.29) is 17.5 Å². The molecule has 0 aromatic carbocycles. The molecule has 1 unspecified atom stereocenters. The van der Waals surface area contributed by atoms with Crippen LogP contribution in [0.3, 0.4) is 0 Å². The summed E-state index contributed by atoms with van der Waals surface area (Å²) < 4.78 is 5.44. The molecule has 2 saturated carbocycles. The zero-order valence-corrected chi connectivity index (χ0v) is 13.5. The van der Waals surface area contributed by atoms with Gasteiger partial charge in [0, 0.05) is 12.5 Å². The van der Waals surface area contributed by atoms with E-state index in [1.807, 2.05) is 13.0 Å². The molecule has 3 aliphatic rings. The van der Waals surface area contributed by atoms with Crippen molar-refractivity contribution in [1.29, 1.82) is 0 Å². The Bertz CT molecular complexity index is 699. The van der Waals surface area contributed by atoms with Crippen molar-refractivity contribution < 1.29 is 14.3 Å². The van der Waals surface area contributed by atoms with Gasteiger partial charge in [0.25, 0.3) is 5.91 Å². The van der Waals surface area contributed by atoms with Gasteiger partial charge in [0.2, 0.25) is 0 Å². The fourth-order valence-corrected chi connectivity index (χ4v) is 3.96. The number of likely N-dealkylation sites (tertiary alicyclic amines) is 1. The summed E-state index contributed by atoms with van der Waals surface area (Å²) in [4.78, 5) is 27.0. The summed E-state index contributed by atoms with van der Waals surface area (Å²) in [7, 11) is 0. The zero-order chi connectivity index (χ0) is 16.2. The number of hydrogen-bond acceptors (Lipinski definition) is 4. The Labute approximate surface area is 135 Å². The quantitative estimate of drug-likeness (QED) is 0.929. The highest BCUT2D eigenvalue weighted by Gasteiger charge is 2.53. The van der Waals surface area contributed by atoms with Crippen molar-refractivity contribution in [2.24, 2.45) is 0 Å². The van der Waals surface area contributed by atoms with E-state index in [0.29, 0.717) is 23.8 Å². The first kappa shape index (κ1) is 14.9. The Kier molecular flexibility index (Phi) is 3.38. The highest BCUT2D eigenvalue weighted by atomic mass is 16.4. The lowest BCUT2D eigenvalue weighted by Gasteiger charge is -2.29.